The minimum Gasteiger partial charge on any atom is -0.493 e. The van der Waals surface area contributed by atoms with E-state index >= 15 is 0 Å². The number of ether oxygens (including phenoxy) is 3. The Bertz CT molecular complexity index is 663. The van der Waals surface area contributed by atoms with Gasteiger partial charge in [-0.15, -0.1) is 0 Å². The molecule has 0 saturated carbocycles. The SMILES string of the molecule is CCNC(=NCCc1ccc(OC)c(OC)c1)N1CC(C)C(C(=O)OC)C1. The van der Waals surface area contributed by atoms with Gasteiger partial charge in [-0.1, -0.05) is 13.0 Å². The first-order chi connectivity index (χ1) is 13.0. The number of rotatable bonds is 7. The number of esters is 1. The van der Waals surface area contributed by atoms with Gasteiger partial charge in [0.25, 0.3) is 0 Å². The number of nitrogens with one attached hydrogen (secondary N) is 1. The smallest absolute Gasteiger partial charge is 0.310 e. The Hall–Kier alpha value is -2.44. The Morgan fingerprint density at radius 2 is 1.96 bits per heavy atom. The zero-order valence-corrected chi connectivity index (χ0v) is 16.9. The van der Waals surface area contributed by atoms with Crippen LogP contribution in [0.1, 0.15) is 19.4 Å². The van der Waals surface area contributed by atoms with Crippen LogP contribution < -0.4 is 14.8 Å². The molecule has 1 aliphatic rings. The van der Waals surface area contributed by atoms with Gasteiger partial charge in [-0.25, -0.2) is 0 Å². The molecule has 1 N–H and O–H groups in total. The van der Waals surface area contributed by atoms with Gasteiger partial charge >= 0.3 is 5.97 Å². The fraction of sp³-hybridized carbons (Fsp3) is 0.600. The lowest BCUT2D eigenvalue weighted by Gasteiger charge is -2.21. The van der Waals surface area contributed by atoms with E-state index in [2.05, 4.69) is 17.1 Å². The molecule has 27 heavy (non-hydrogen) atoms. The number of carbonyl (C=O) groups excluding carboxylic acids is 1. The summed E-state index contributed by atoms with van der Waals surface area (Å²) >= 11 is 0. The Morgan fingerprint density at radius 1 is 1.22 bits per heavy atom. The van der Waals surface area contributed by atoms with Gasteiger partial charge in [0.2, 0.25) is 0 Å². The molecule has 1 aromatic carbocycles. The predicted molar refractivity (Wildman–Crippen MR) is 105 cm³/mol. The van der Waals surface area contributed by atoms with Gasteiger partial charge < -0.3 is 24.4 Å². The van der Waals surface area contributed by atoms with E-state index in [-0.39, 0.29) is 17.8 Å². The van der Waals surface area contributed by atoms with E-state index in [1.54, 1.807) is 14.2 Å². The summed E-state index contributed by atoms with van der Waals surface area (Å²) in [6, 6.07) is 5.91. The highest BCUT2D eigenvalue weighted by molar-refractivity contribution is 5.82. The van der Waals surface area contributed by atoms with Crippen LogP contribution in [0.5, 0.6) is 11.5 Å². The van der Waals surface area contributed by atoms with Crippen molar-refractivity contribution in [3.05, 3.63) is 23.8 Å². The lowest BCUT2D eigenvalue weighted by molar-refractivity contribution is -0.145. The first-order valence-corrected chi connectivity index (χ1v) is 9.36. The number of likely N-dealkylation sites (tertiary alicyclic amines) is 1. The molecule has 1 aliphatic heterocycles. The Morgan fingerprint density at radius 3 is 2.59 bits per heavy atom. The average Bonchev–Trinajstić information content (AvgIpc) is 3.08. The molecule has 150 valence electrons. The molecule has 1 aromatic rings. The fourth-order valence-electron chi connectivity index (χ4n) is 3.35. The quantitative estimate of drug-likeness (QED) is 0.445. The van der Waals surface area contributed by atoms with Gasteiger partial charge in [-0.3, -0.25) is 9.79 Å². The summed E-state index contributed by atoms with van der Waals surface area (Å²) in [4.78, 5) is 18.8. The maximum Gasteiger partial charge on any atom is 0.310 e. The van der Waals surface area contributed by atoms with Gasteiger partial charge in [0.15, 0.2) is 17.5 Å². The topological polar surface area (TPSA) is 72.4 Å². The molecular weight excluding hydrogens is 346 g/mol. The second kappa shape index (κ2) is 10.0. The van der Waals surface area contributed by atoms with Crippen molar-refractivity contribution in [2.75, 3.05) is 47.5 Å². The monoisotopic (exact) mass is 377 g/mol. The number of guanidine groups is 1. The van der Waals surface area contributed by atoms with Crippen LogP contribution in [0.25, 0.3) is 0 Å². The Kier molecular flexibility index (Phi) is 7.76. The second-order valence-electron chi connectivity index (χ2n) is 6.69. The molecule has 7 heteroatoms. The van der Waals surface area contributed by atoms with E-state index in [0.717, 1.165) is 42.5 Å². The summed E-state index contributed by atoms with van der Waals surface area (Å²) in [6.07, 6.45) is 0.791. The lowest BCUT2D eigenvalue weighted by atomic mass is 9.99. The molecule has 0 radical (unpaired) electrons. The molecule has 0 aromatic heterocycles. The molecule has 0 spiro atoms. The average molecular weight is 377 g/mol. The third-order valence-corrected chi connectivity index (χ3v) is 4.86. The van der Waals surface area contributed by atoms with E-state index in [0.29, 0.717) is 13.1 Å². The summed E-state index contributed by atoms with van der Waals surface area (Å²) in [5, 5.41) is 3.33. The molecule has 0 amide bonds. The predicted octanol–water partition coefficient (Wildman–Crippen LogP) is 1.95. The molecule has 1 saturated heterocycles. The van der Waals surface area contributed by atoms with Crippen molar-refractivity contribution >= 4 is 11.9 Å². The summed E-state index contributed by atoms with van der Waals surface area (Å²) in [6.45, 7) is 6.97. The number of nitrogens with zero attached hydrogens (tertiary/aromatic N) is 2. The molecule has 7 nitrogen and oxygen atoms in total. The van der Waals surface area contributed by atoms with Crippen molar-refractivity contribution in [3.8, 4) is 11.5 Å². The van der Waals surface area contributed by atoms with Gasteiger partial charge in [0.05, 0.1) is 27.2 Å². The summed E-state index contributed by atoms with van der Waals surface area (Å²) < 4.78 is 15.6. The highest BCUT2D eigenvalue weighted by Gasteiger charge is 2.36. The standard InChI is InChI=1S/C20H31N3O4/c1-6-21-20(23-12-14(2)16(13-23)19(24)27-5)22-10-9-15-7-8-17(25-3)18(11-15)26-4/h7-8,11,14,16H,6,9-10,12-13H2,1-5H3,(H,21,22). The van der Waals surface area contributed by atoms with Crippen molar-refractivity contribution in [3.63, 3.8) is 0 Å². The van der Waals surface area contributed by atoms with E-state index in [4.69, 9.17) is 19.2 Å². The van der Waals surface area contributed by atoms with Crippen molar-refractivity contribution < 1.29 is 19.0 Å². The van der Waals surface area contributed by atoms with Gasteiger partial charge in [-0.05, 0) is 37.0 Å². The summed E-state index contributed by atoms with van der Waals surface area (Å²) in [7, 11) is 4.71. The maximum absolute atomic E-state index is 11.9. The molecule has 2 rings (SSSR count). The van der Waals surface area contributed by atoms with E-state index in [1.807, 2.05) is 25.1 Å². The number of methoxy groups -OCH3 is 3. The zero-order valence-electron chi connectivity index (χ0n) is 16.9. The van der Waals surface area contributed by atoms with Gasteiger partial charge in [0.1, 0.15) is 0 Å². The maximum atomic E-state index is 11.9. The van der Waals surface area contributed by atoms with Gasteiger partial charge in [0, 0.05) is 26.2 Å². The Labute approximate surface area is 161 Å². The minimum absolute atomic E-state index is 0.107. The number of aliphatic imine (C=N–C) groups is 1. The van der Waals surface area contributed by atoms with E-state index < -0.39 is 0 Å². The number of hydrogen-bond acceptors (Lipinski definition) is 5. The zero-order chi connectivity index (χ0) is 19.8. The van der Waals surface area contributed by atoms with Crippen molar-refractivity contribution in [1.29, 1.82) is 0 Å². The summed E-state index contributed by atoms with van der Waals surface area (Å²) in [5.41, 5.74) is 1.13. The third-order valence-electron chi connectivity index (χ3n) is 4.86. The molecular formula is C20H31N3O4. The van der Waals surface area contributed by atoms with Crippen LogP contribution in [-0.2, 0) is 16.0 Å². The number of benzene rings is 1. The molecule has 2 unspecified atom stereocenters. The molecule has 2 atom stereocenters. The molecule has 0 aliphatic carbocycles. The van der Waals surface area contributed by atoms with E-state index in [1.165, 1.54) is 7.11 Å². The molecule has 1 fully saturated rings. The normalized spacial score (nSPS) is 19.7. The summed E-state index contributed by atoms with van der Waals surface area (Å²) in [5.74, 6) is 2.28. The van der Waals surface area contributed by atoms with Crippen molar-refractivity contribution in [2.45, 2.75) is 20.3 Å². The highest BCUT2D eigenvalue weighted by atomic mass is 16.5. The first-order valence-electron chi connectivity index (χ1n) is 9.36. The van der Waals surface area contributed by atoms with E-state index in [9.17, 15) is 4.79 Å². The van der Waals surface area contributed by atoms with Crippen LogP contribution in [-0.4, -0.2) is 64.3 Å². The molecule has 1 heterocycles. The van der Waals surface area contributed by atoms with Crippen LogP contribution >= 0.6 is 0 Å². The van der Waals surface area contributed by atoms with Crippen LogP contribution in [0.15, 0.2) is 23.2 Å². The number of carbonyl (C=O) groups is 1. The van der Waals surface area contributed by atoms with Crippen LogP contribution in [0.3, 0.4) is 0 Å². The Balaban J connectivity index is 2.03. The van der Waals surface area contributed by atoms with Crippen molar-refractivity contribution in [1.82, 2.24) is 10.2 Å². The second-order valence-corrected chi connectivity index (χ2v) is 6.69. The lowest BCUT2D eigenvalue weighted by Crippen LogP contribution is -2.40. The van der Waals surface area contributed by atoms with Crippen LogP contribution in [0.2, 0.25) is 0 Å². The third kappa shape index (κ3) is 5.28. The van der Waals surface area contributed by atoms with Crippen molar-refractivity contribution in [2.24, 2.45) is 16.8 Å². The fourth-order valence-corrected chi connectivity index (χ4v) is 3.35. The largest absolute Gasteiger partial charge is 0.493 e. The van der Waals surface area contributed by atoms with Gasteiger partial charge in [-0.2, -0.15) is 0 Å². The number of hydrogen-bond donors (Lipinski definition) is 1. The van der Waals surface area contributed by atoms with Crippen LogP contribution in [0, 0.1) is 11.8 Å². The highest BCUT2D eigenvalue weighted by Crippen LogP contribution is 2.28. The first kappa shape index (κ1) is 20.9. The van der Waals surface area contributed by atoms with Crippen LogP contribution in [0.4, 0.5) is 0 Å². The molecule has 0 bridgehead atoms. The minimum atomic E-state index is -0.147.